The Morgan fingerprint density at radius 3 is 2.71 bits per heavy atom. The third-order valence-electron chi connectivity index (χ3n) is 4.73. The van der Waals surface area contributed by atoms with Crippen LogP contribution < -0.4 is 10.6 Å². The van der Waals surface area contributed by atoms with Gasteiger partial charge in [0.15, 0.2) is 5.96 Å². The number of halogens is 1. The zero-order valence-electron chi connectivity index (χ0n) is 15.1. The van der Waals surface area contributed by atoms with Crippen LogP contribution in [0.15, 0.2) is 4.99 Å². The van der Waals surface area contributed by atoms with Gasteiger partial charge < -0.3 is 20.1 Å². The summed E-state index contributed by atoms with van der Waals surface area (Å²) in [5, 5.41) is 7.75. The predicted molar refractivity (Wildman–Crippen MR) is 114 cm³/mol. The molecule has 1 aliphatic carbocycles. The van der Waals surface area contributed by atoms with E-state index in [4.69, 9.17) is 9.47 Å². The maximum absolute atomic E-state index is 5.79. The first-order valence-electron chi connectivity index (χ1n) is 8.97. The molecule has 1 aliphatic heterocycles. The average molecular weight is 471 g/mol. The molecule has 2 unspecified atom stereocenters. The maximum Gasteiger partial charge on any atom is 0.191 e. The monoisotopic (exact) mass is 471 g/mol. The van der Waals surface area contributed by atoms with Crippen LogP contribution >= 0.6 is 35.7 Å². The third-order valence-corrected chi connectivity index (χ3v) is 5.83. The van der Waals surface area contributed by atoms with Crippen molar-refractivity contribution in [3.05, 3.63) is 0 Å². The Balaban J connectivity index is 0.00000288. The minimum Gasteiger partial charge on any atom is -0.381 e. The van der Waals surface area contributed by atoms with E-state index in [9.17, 15) is 0 Å². The fourth-order valence-electron chi connectivity index (χ4n) is 3.22. The number of nitrogens with one attached hydrogen (secondary N) is 2. The zero-order valence-corrected chi connectivity index (χ0v) is 18.2. The van der Waals surface area contributed by atoms with Crippen LogP contribution in [0.2, 0.25) is 0 Å². The Morgan fingerprint density at radius 1 is 1.25 bits per heavy atom. The normalized spacial score (nSPS) is 25.3. The molecule has 7 heteroatoms. The van der Waals surface area contributed by atoms with Gasteiger partial charge in [0, 0.05) is 51.3 Å². The molecule has 0 radical (unpaired) electrons. The van der Waals surface area contributed by atoms with E-state index in [0.29, 0.717) is 12.0 Å². The molecule has 5 nitrogen and oxygen atoms in total. The van der Waals surface area contributed by atoms with Gasteiger partial charge in [0.25, 0.3) is 0 Å². The van der Waals surface area contributed by atoms with Crippen molar-refractivity contribution in [2.24, 2.45) is 10.9 Å². The Bertz CT molecular complexity index is 355. The molecular weight excluding hydrogens is 437 g/mol. The second-order valence-electron chi connectivity index (χ2n) is 6.50. The number of rotatable bonds is 8. The van der Waals surface area contributed by atoms with Crippen LogP contribution in [0.4, 0.5) is 0 Å². The summed E-state index contributed by atoms with van der Waals surface area (Å²) < 4.78 is 11.2. The molecule has 24 heavy (non-hydrogen) atoms. The minimum absolute atomic E-state index is 0. The number of nitrogens with zero attached hydrogens (tertiary/aromatic N) is 1. The summed E-state index contributed by atoms with van der Waals surface area (Å²) >= 11 is 1.98. The van der Waals surface area contributed by atoms with Gasteiger partial charge in [-0.05, 0) is 50.7 Å². The molecule has 2 atom stereocenters. The second kappa shape index (κ2) is 13.5. The maximum atomic E-state index is 5.79. The largest absolute Gasteiger partial charge is 0.381 e. The zero-order chi connectivity index (χ0) is 16.3. The number of thioether (sulfide) groups is 1. The van der Waals surface area contributed by atoms with Crippen molar-refractivity contribution in [1.82, 2.24) is 10.6 Å². The molecule has 2 fully saturated rings. The Morgan fingerprint density at radius 2 is 2.04 bits per heavy atom. The molecule has 2 aliphatic rings. The van der Waals surface area contributed by atoms with E-state index in [0.717, 1.165) is 63.4 Å². The van der Waals surface area contributed by atoms with Crippen LogP contribution in [0.1, 0.15) is 38.5 Å². The van der Waals surface area contributed by atoms with Crippen LogP contribution in [0.3, 0.4) is 0 Å². The van der Waals surface area contributed by atoms with E-state index < -0.39 is 0 Å². The highest BCUT2D eigenvalue weighted by Gasteiger charge is 2.24. The van der Waals surface area contributed by atoms with E-state index in [1.165, 1.54) is 19.3 Å². The summed E-state index contributed by atoms with van der Waals surface area (Å²) in [7, 11) is 1.85. The van der Waals surface area contributed by atoms with Gasteiger partial charge in [-0.3, -0.25) is 4.99 Å². The molecular formula is C17H34IN3O2S. The van der Waals surface area contributed by atoms with E-state index in [-0.39, 0.29) is 24.0 Å². The van der Waals surface area contributed by atoms with Crippen LogP contribution in [0, 0.1) is 5.92 Å². The van der Waals surface area contributed by atoms with Crippen LogP contribution in [-0.2, 0) is 9.47 Å². The first-order chi connectivity index (χ1) is 11.3. The van der Waals surface area contributed by atoms with E-state index in [2.05, 4.69) is 21.9 Å². The van der Waals surface area contributed by atoms with Gasteiger partial charge in [0.2, 0.25) is 0 Å². The molecule has 0 bridgehead atoms. The minimum atomic E-state index is 0. The Hall–Kier alpha value is 0.270. The number of ether oxygens (including phenoxy) is 2. The molecule has 2 rings (SSSR count). The van der Waals surface area contributed by atoms with Gasteiger partial charge in [0.1, 0.15) is 0 Å². The predicted octanol–water partition coefficient (Wildman–Crippen LogP) is 2.89. The SMILES string of the molecule is CN=C(NCCCOCC1CCOCC1)NC1CCC(SC)C1.I. The molecule has 0 aromatic rings. The van der Waals surface area contributed by atoms with Crippen molar-refractivity contribution < 1.29 is 9.47 Å². The van der Waals surface area contributed by atoms with Crippen LogP contribution in [0.25, 0.3) is 0 Å². The Labute approximate surface area is 168 Å². The fraction of sp³-hybridized carbons (Fsp3) is 0.941. The molecule has 1 heterocycles. The lowest BCUT2D eigenvalue weighted by Gasteiger charge is -2.21. The average Bonchev–Trinajstić information content (AvgIpc) is 3.05. The quantitative estimate of drug-likeness (QED) is 0.247. The van der Waals surface area contributed by atoms with E-state index in [1.807, 2.05) is 18.8 Å². The van der Waals surface area contributed by atoms with Crippen molar-refractivity contribution in [3.8, 4) is 0 Å². The lowest BCUT2D eigenvalue weighted by Crippen LogP contribution is -2.43. The number of hydrogen-bond donors (Lipinski definition) is 2. The summed E-state index contributed by atoms with van der Waals surface area (Å²) in [5.74, 6) is 1.62. The number of aliphatic imine (C=N–C) groups is 1. The van der Waals surface area contributed by atoms with Crippen molar-refractivity contribution in [3.63, 3.8) is 0 Å². The van der Waals surface area contributed by atoms with Gasteiger partial charge in [-0.25, -0.2) is 0 Å². The molecule has 0 aromatic carbocycles. The molecule has 2 N–H and O–H groups in total. The van der Waals surface area contributed by atoms with Gasteiger partial charge >= 0.3 is 0 Å². The number of hydrogen-bond acceptors (Lipinski definition) is 4. The summed E-state index contributed by atoms with van der Waals surface area (Å²) in [4.78, 5) is 4.33. The summed E-state index contributed by atoms with van der Waals surface area (Å²) in [6, 6.07) is 0.573. The highest BCUT2D eigenvalue weighted by Crippen LogP contribution is 2.27. The van der Waals surface area contributed by atoms with Crippen LogP contribution in [-0.4, -0.2) is 63.5 Å². The second-order valence-corrected chi connectivity index (χ2v) is 7.63. The van der Waals surface area contributed by atoms with Gasteiger partial charge in [-0.1, -0.05) is 0 Å². The molecule has 1 saturated carbocycles. The molecule has 142 valence electrons. The van der Waals surface area contributed by atoms with Gasteiger partial charge in [0.05, 0.1) is 0 Å². The van der Waals surface area contributed by atoms with Crippen molar-refractivity contribution in [1.29, 1.82) is 0 Å². The van der Waals surface area contributed by atoms with Gasteiger partial charge in [-0.15, -0.1) is 24.0 Å². The molecule has 0 spiro atoms. The van der Waals surface area contributed by atoms with Crippen molar-refractivity contribution >= 4 is 41.7 Å². The highest BCUT2D eigenvalue weighted by atomic mass is 127. The first-order valence-corrected chi connectivity index (χ1v) is 10.3. The van der Waals surface area contributed by atoms with E-state index in [1.54, 1.807) is 0 Å². The van der Waals surface area contributed by atoms with Crippen LogP contribution in [0.5, 0.6) is 0 Å². The summed E-state index contributed by atoms with van der Waals surface area (Å²) in [6.07, 6.45) is 9.33. The molecule has 0 aromatic heterocycles. The molecule has 0 amide bonds. The van der Waals surface area contributed by atoms with Gasteiger partial charge in [-0.2, -0.15) is 11.8 Å². The molecule has 1 saturated heterocycles. The lowest BCUT2D eigenvalue weighted by molar-refractivity contribution is 0.0203. The fourth-order valence-corrected chi connectivity index (χ4v) is 4.01. The Kier molecular flexibility index (Phi) is 12.5. The summed E-state index contributed by atoms with van der Waals surface area (Å²) in [6.45, 7) is 4.41. The lowest BCUT2D eigenvalue weighted by atomic mass is 10.0. The first kappa shape index (κ1) is 22.3. The standard InChI is InChI=1S/C17H33N3O2S.HI/c1-18-17(20-15-4-5-16(12-15)23-2)19-8-3-9-22-13-14-6-10-21-11-7-14;/h14-16H,3-13H2,1-2H3,(H2,18,19,20);1H. The highest BCUT2D eigenvalue weighted by molar-refractivity contribution is 14.0. The van der Waals surface area contributed by atoms with Crippen molar-refractivity contribution in [2.45, 2.75) is 49.8 Å². The smallest absolute Gasteiger partial charge is 0.191 e. The van der Waals surface area contributed by atoms with Crippen molar-refractivity contribution in [2.75, 3.05) is 46.3 Å². The summed E-state index contributed by atoms with van der Waals surface area (Å²) in [5.41, 5.74) is 0. The topological polar surface area (TPSA) is 54.9 Å². The van der Waals surface area contributed by atoms with E-state index >= 15 is 0 Å². The third kappa shape index (κ3) is 8.58. The number of guanidine groups is 1.